The number of ether oxygens (including phenoxy) is 1. The van der Waals surface area contributed by atoms with Gasteiger partial charge < -0.3 is 15.0 Å². The molecule has 0 bridgehead atoms. The molecule has 0 radical (unpaired) electrons. The second kappa shape index (κ2) is 9.53. The first-order chi connectivity index (χ1) is 13.1. The van der Waals surface area contributed by atoms with E-state index in [-0.39, 0.29) is 12.1 Å². The van der Waals surface area contributed by atoms with Crippen LogP contribution in [0.2, 0.25) is 0 Å². The van der Waals surface area contributed by atoms with Crippen LogP contribution in [0.3, 0.4) is 0 Å². The van der Waals surface area contributed by atoms with Crippen LogP contribution in [0.15, 0.2) is 54.6 Å². The van der Waals surface area contributed by atoms with Crippen LogP contribution in [-0.4, -0.2) is 49.2 Å². The van der Waals surface area contributed by atoms with Crippen molar-refractivity contribution in [2.75, 3.05) is 33.4 Å². The second-order valence-electron chi connectivity index (χ2n) is 7.06. The highest BCUT2D eigenvalue weighted by molar-refractivity contribution is 5.74. The lowest BCUT2D eigenvalue weighted by Crippen LogP contribution is -2.38. The molecule has 1 saturated heterocycles. The topological polar surface area (TPSA) is 44.8 Å². The Balaban J connectivity index is 1.48. The Morgan fingerprint density at radius 1 is 1.07 bits per heavy atom. The third-order valence-electron chi connectivity index (χ3n) is 5.16. The normalized spacial score (nSPS) is 15.9. The first-order valence-electron chi connectivity index (χ1n) is 9.57. The number of carbonyl (C=O) groups excluding carboxylic acids is 1. The van der Waals surface area contributed by atoms with Crippen LogP contribution in [0.4, 0.5) is 4.79 Å². The molecular formula is C22H29N3O2. The standard InChI is InChI=1S/C22H29N3O2/c1-18(21-6-4-3-5-7-21)24(2)22(26)23-16-19-8-10-20(11-9-19)17-25-12-14-27-15-13-25/h3-11,18H,12-17H2,1-2H3,(H,23,26). The number of amides is 2. The summed E-state index contributed by atoms with van der Waals surface area (Å²) in [6.07, 6.45) is 0. The van der Waals surface area contributed by atoms with E-state index >= 15 is 0 Å². The molecule has 5 nitrogen and oxygen atoms in total. The number of morpholine rings is 1. The number of nitrogens with zero attached hydrogens (tertiary/aromatic N) is 2. The lowest BCUT2D eigenvalue weighted by molar-refractivity contribution is 0.0342. The van der Waals surface area contributed by atoms with Gasteiger partial charge in [0.1, 0.15) is 0 Å². The number of carbonyl (C=O) groups is 1. The maximum Gasteiger partial charge on any atom is 0.317 e. The number of urea groups is 1. The Kier molecular flexibility index (Phi) is 6.85. The average Bonchev–Trinajstić information content (AvgIpc) is 2.73. The summed E-state index contributed by atoms with van der Waals surface area (Å²) in [5.74, 6) is 0. The van der Waals surface area contributed by atoms with Gasteiger partial charge in [-0.15, -0.1) is 0 Å². The molecule has 1 aliphatic heterocycles. The number of hydrogen-bond acceptors (Lipinski definition) is 3. The van der Waals surface area contributed by atoms with Gasteiger partial charge in [-0.25, -0.2) is 4.79 Å². The molecule has 1 aliphatic rings. The van der Waals surface area contributed by atoms with Gasteiger partial charge in [0.25, 0.3) is 0 Å². The summed E-state index contributed by atoms with van der Waals surface area (Å²) in [4.78, 5) is 16.6. The van der Waals surface area contributed by atoms with Gasteiger partial charge in [-0.1, -0.05) is 54.6 Å². The van der Waals surface area contributed by atoms with Crippen LogP contribution in [0.25, 0.3) is 0 Å². The smallest absolute Gasteiger partial charge is 0.317 e. The summed E-state index contributed by atoms with van der Waals surface area (Å²) in [6.45, 7) is 7.14. The van der Waals surface area contributed by atoms with Crippen molar-refractivity contribution in [3.05, 3.63) is 71.3 Å². The fourth-order valence-corrected chi connectivity index (χ4v) is 3.21. The summed E-state index contributed by atoms with van der Waals surface area (Å²) in [6, 6.07) is 18.5. The Labute approximate surface area is 161 Å². The lowest BCUT2D eigenvalue weighted by Gasteiger charge is -2.26. The van der Waals surface area contributed by atoms with E-state index < -0.39 is 0 Å². The van der Waals surface area contributed by atoms with E-state index in [0.717, 1.165) is 44.0 Å². The van der Waals surface area contributed by atoms with Gasteiger partial charge >= 0.3 is 6.03 Å². The minimum absolute atomic E-state index is 0.0297. The number of rotatable bonds is 6. The molecule has 0 aliphatic carbocycles. The van der Waals surface area contributed by atoms with Gasteiger partial charge in [0.05, 0.1) is 19.3 Å². The first kappa shape index (κ1) is 19.4. The maximum absolute atomic E-state index is 12.5. The highest BCUT2D eigenvalue weighted by Gasteiger charge is 2.16. The van der Waals surface area contributed by atoms with E-state index in [1.54, 1.807) is 4.90 Å². The van der Waals surface area contributed by atoms with Crippen molar-refractivity contribution in [3.63, 3.8) is 0 Å². The monoisotopic (exact) mass is 367 g/mol. The fraction of sp³-hybridized carbons (Fsp3) is 0.409. The minimum atomic E-state index is -0.0660. The first-order valence-corrected chi connectivity index (χ1v) is 9.57. The van der Waals surface area contributed by atoms with Crippen molar-refractivity contribution in [1.29, 1.82) is 0 Å². The molecule has 3 rings (SSSR count). The molecule has 2 amide bonds. The Morgan fingerprint density at radius 2 is 1.70 bits per heavy atom. The molecule has 1 heterocycles. The zero-order valence-corrected chi connectivity index (χ0v) is 16.2. The fourth-order valence-electron chi connectivity index (χ4n) is 3.21. The van der Waals surface area contributed by atoms with Crippen molar-refractivity contribution >= 4 is 6.03 Å². The van der Waals surface area contributed by atoms with Crippen molar-refractivity contribution < 1.29 is 9.53 Å². The van der Waals surface area contributed by atoms with E-state index in [4.69, 9.17) is 4.74 Å². The number of benzene rings is 2. The molecule has 2 aromatic rings. The van der Waals surface area contributed by atoms with Crippen molar-refractivity contribution in [2.24, 2.45) is 0 Å². The molecular weight excluding hydrogens is 338 g/mol. The number of hydrogen-bond donors (Lipinski definition) is 1. The van der Waals surface area contributed by atoms with Crippen LogP contribution < -0.4 is 5.32 Å². The molecule has 1 fully saturated rings. The van der Waals surface area contributed by atoms with Gasteiger partial charge in [-0.3, -0.25) is 4.90 Å². The maximum atomic E-state index is 12.5. The Bertz CT molecular complexity index is 712. The molecule has 0 aromatic heterocycles. The quantitative estimate of drug-likeness (QED) is 0.851. The predicted octanol–water partition coefficient (Wildman–Crippen LogP) is 3.42. The molecule has 2 aromatic carbocycles. The van der Waals surface area contributed by atoms with Gasteiger partial charge in [-0.2, -0.15) is 0 Å². The molecule has 1 unspecified atom stereocenters. The highest BCUT2D eigenvalue weighted by atomic mass is 16.5. The second-order valence-corrected chi connectivity index (χ2v) is 7.06. The van der Waals surface area contributed by atoms with Crippen LogP contribution in [0.1, 0.15) is 29.7 Å². The number of nitrogens with one attached hydrogen (secondary N) is 1. The van der Waals surface area contributed by atoms with Crippen LogP contribution in [0, 0.1) is 0 Å². The van der Waals surface area contributed by atoms with Crippen molar-refractivity contribution in [3.8, 4) is 0 Å². The Hall–Kier alpha value is -2.37. The van der Waals surface area contributed by atoms with Crippen molar-refractivity contribution in [1.82, 2.24) is 15.1 Å². The summed E-state index contributed by atoms with van der Waals surface area (Å²) in [7, 11) is 1.83. The highest BCUT2D eigenvalue weighted by Crippen LogP contribution is 2.18. The van der Waals surface area contributed by atoms with Crippen LogP contribution >= 0.6 is 0 Å². The molecule has 1 atom stereocenters. The van der Waals surface area contributed by atoms with Crippen LogP contribution in [0.5, 0.6) is 0 Å². The molecule has 144 valence electrons. The zero-order valence-electron chi connectivity index (χ0n) is 16.2. The molecule has 1 N–H and O–H groups in total. The molecule has 0 spiro atoms. The van der Waals surface area contributed by atoms with Gasteiger partial charge in [-0.05, 0) is 23.6 Å². The van der Waals surface area contributed by atoms with Crippen LogP contribution in [-0.2, 0) is 17.8 Å². The molecule has 5 heteroatoms. The van der Waals surface area contributed by atoms with E-state index in [1.165, 1.54) is 5.56 Å². The lowest BCUT2D eigenvalue weighted by atomic mass is 10.1. The van der Waals surface area contributed by atoms with Gasteiger partial charge in [0.2, 0.25) is 0 Å². The van der Waals surface area contributed by atoms with E-state index in [9.17, 15) is 4.79 Å². The average molecular weight is 367 g/mol. The molecule has 0 saturated carbocycles. The summed E-state index contributed by atoms with van der Waals surface area (Å²) in [5.41, 5.74) is 3.53. The largest absolute Gasteiger partial charge is 0.379 e. The third-order valence-corrected chi connectivity index (χ3v) is 5.16. The molecule has 27 heavy (non-hydrogen) atoms. The third kappa shape index (κ3) is 5.55. The minimum Gasteiger partial charge on any atom is -0.379 e. The predicted molar refractivity (Wildman–Crippen MR) is 107 cm³/mol. The van der Waals surface area contributed by atoms with Gasteiger partial charge in [0.15, 0.2) is 0 Å². The summed E-state index contributed by atoms with van der Waals surface area (Å²) in [5, 5.41) is 3.01. The summed E-state index contributed by atoms with van der Waals surface area (Å²) < 4.78 is 5.39. The Morgan fingerprint density at radius 3 is 2.37 bits per heavy atom. The SMILES string of the molecule is CC(c1ccccc1)N(C)C(=O)NCc1ccc(CN2CCOCC2)cc1. The summed E-state index contributed by atoms with van der Waals surface area (Å²) >= 11 is 0. The van der Waals surface area contributed by atoms with Gasteiger partial charge in [0, 0.05) is 33.2 Å². The van der Waals surface area contributed by atoms with E-state index in [0.29, 0.717) is 6.54 Å². The van der Waals surface area contributed by atoms with Crippen molar-refractivity contribution in [2.45, 2.75) is 26.1 Å². The van der Waals surface area contributed by atoms with E-state index in [2.05, 4.69) is 34.5 Å². The zero-order chi connectivity index (χ0) is 19.1. The van der Waals surface area contributed by atoms with E-state index in [1.807, 2.05) is 44.3 Å².